The molecule has 6 rings (SSSR count). The molecule has 1 aliphatic carbocycles. The number of hydrogen-bond acceptors (Lipinski definition) is 8. The fraction of sp³-hybridized carbons (Fsp3) is 0.269. The molecule has 1 fully saturated rings. The normalized spacial score (nSPS) is 15.0. The molecule has 3 heterocycles. The van der Waals surface area contributed by atoms with Crippen molar-refractivity contribution in [3.8, 4) is 17.2 Å². The van der Waals surface area contributed by atoms with Crippen molar-refractivity contribution in [1.29, 1.82) is 0 Å². The zero-order chi connectivity index (χ0) is 25.7. The number of benzene rings is 2. The molecule has 0 unspecified atom stereocenters. The van der Waals surface area contributed by atoms with Crippen LogP contribution in [0.3, 0.4) is 0 Å². The molecular weight excluding hydrogens is 481 g/mol. The van der Waals surface area contributed by atoms with Crippen LogP contribution in [-0.2, 0) is 6.54 Å². The van der Waals surface area contributed by atoms with Gasteiger partial charge in [-0.2, -0.15) is 9.61 Å². The Bertz CT molecular complexity index is 1520. The molecule has 2 aliphatic rings. The lowest BCUT2D eigenvalue weighted by Crippen LogP contribution is -2.31. The van der Waals surface area contributed by atoms with E-state index in [0.29, 0.717) is 42.0 Å². The predicted molar refractivity (Wildman–Crippen MR) is 133 cm³/mol. The Morgan fingerprint density at radius 2 is 2.05 bits per heavy atom. The highest BCUT2D eigenvalue weighted by molar-refractivity contribution is 5.94. The number of anilines is 3. The summed E-state index contributed by atoms with van der Waals surface area (Å²) in [5.74, 6) is 0.708. The first-order valence-electron chi connectivity index (χ1n) is 11.7. The fourth-order valence-corrected chi connectivity index (χ4v) is 4.40. The molecule has 1 aliphatic heterocycles. The monoisotopic (exact) mass is 505 g/mol. The number of halogens is 1. The van der Waals surface area contributed by atoms with Crippen molar-refractivity contribution in [2.24, 2.45) is 0 Å². The maximum Gasteiger partial charge on any atom is 0.341 e. The second kappa shape index (κ2) is 8.54. The average molecular weight is 506 g/mol. The SMILES string of the molecule is COc1ccc(CN(C)c2cc(Nc3cc(F)cc4c3OCC3(CC3)O4)nc3c(C(=O)O)cnn23)cc1. The molecule has 11 heteroatoms. The lowest BCUT2D eigenvalue weighted by atomic mass is 10.2. The predicted octanol–water partition coefficient (Wildman–Crippen LogP) is 4.26. The first-order valence-corrected chi connectivity index (χ1v) is 11.7. The maximum absolute atomic E-state index is 14.5. The summed E-state index contributed by atoms with van der Waals surface area (Å²) in [7, 11) is 3.47. The van der Waals surface area contributed by atoms with Gasteiger partial charge in [-0.05, 0) is 30.5 Å². The number of ether oxygens (including phenoxy) is 3. The van der Waals surface area contributed by atoms with E-state index in [1.54, 1.807) is 13.2 Å². The van der Waals surface area contributed by atoms with Crippen LogP contribution < -0.4 is 24.4 Å². The van der Waals surface area contributed by atoms with Gasteiger partial charge in [-0.1, -0.05) is 12.1 Å². The van der Waals surface area contributed by atoms with Crippen LogP contribution in [0.15, 0.2) is 48.7 Å². The number of carbonyl (C=O) groups is 1. The molecular formula is C26H24FN5O5. The summed E-state index contributed by atoms with van der Waals surface area (Å²) in [4.78, 5) is 18.3. The van der Waals surface area contributed by atoms with Crippen LogP contribution in [-0.4, -0.2) is 52.0 Å². The van der Waals surface area contributed by atoms with E-state index in [2.05, 4.69) is 15.4 Å². The highest BCUT2D eigenvalue weighted by Gasteiger charge is 2.49. The summed E-state index contributed by atoms with van der Waals surface area (Å²) >= 11 is 0. The number of fused-ring (bicyclic) bond motifs is 2. The highest BCUT2D eigenvalue weighted by atomic mass is 19.1. The van der Waals surface area contributed by atoms with Gasteiger partial charge in [0.15, 0.2) is 17.1 Å². The Morgan fingerprint density at radius 3 is 2.76 bits per heavy atom. The molecule has 2 aromatic heterocycles. The number of aromatic nitrogens is 3. The minimum absolute atomic E-state index is 0.0562. The highest BCUT2D eigenvalue weighted by Crippen LogP contribution is 2.50. The van der Waals surface area contributed by atoms with Gasteiger partial charge in [-0.3, -0.25) is 0 Å². The van der Waals surface area contributed by atoms with Gasteiger partial charge in [0.2, 0.25) is 0 Å². The molecule has 1 spiro atoms. The third-order valence-electron chi connectivity index (χ3n) is 6.55. The van der Waals surface area contributed by atoms with Gasteiger partial charge in [0.25, 0.3) is 0 Å². The van der Waals surface area contributed by atoms with Crippen molar-refractivity contribution >= 4 is 28.9 Å². The maximum atomic E-state index is 14.5. The van der Waals surface area contributed by atoms with Gasteiger partial charge in [0.05, 0.1) is 19.0 Å². The number of rotatable bonds is 7. The molecule has 2 aromatic carbocycles. The molecule has 0 bridgehead atoms. The number of nitrogens with zero attached hydrogens (tertiary/aromatic N) is 4. The standard InChI is InChI=1S/C26H24FN5O5/c1-31(13-15-3-5-17(35-2)6-4-15)22-11-21(30-24-18(25(33)34)12-28-32(22)24)29-19-9-16(27)10-20-23(19)36-14-26(37-20)7-8-26/h3-6,9-12H,7-8,13-14H2,1-2H3,(H,29,30)(H,33,34). The van der Waals surface area contributed by atoms with E-state index in [0.717, 1.165) is 24.2 Å². The van der Waals surface area contributed by atoms with Crippen molar-refractivity contribution in [3.05, 3.63) is 65.6 Å². The summed E-state index contributed by atoms with van der Waals surface area (Å²) in [5.41, 5.74) is 1.07. The Labute approximate surface area is 211 Å². The van der Waals surface area contributed by atoms with E-state index < -0.39 is 11.8 Å². The topological polar surface area (TPSA) is 110 Å². The Balaban J connectivity index is 1.38. The van der Waals surface area contributed by atoms with Crippen molar-refractivity contribution < 1.29 is 28.5 Å². The molecule has 0 saturated heterocycles. The van der Waals surface area contributed by atoms with Crippen LogP contribution >= 0.6 is 0 Å². The van der Waals surface area contributed by atoms with Gasteiger partial charge < -0.3 is 29.5 Å². The Hall–Kier alpha value is -4.54. The van der Waals surface area contributed by atoms with Crippen molar-refractivity contribution in [1.82, 2.24) is 14.6 Å². The summed E-state index contributed by atoms with van der Waals surface area (Å²) in [5, 5.41) is 17.1. The lowest BCUT2D eigenvalue weighted by molar-refractivity contribution is 0.0698. The van der Waals surface area contributed by atoms with Crippen LogP contribution in [0, 0.1) is 5.82 Å². The molecule has 10 nitrogen and oxygen atoms in total. The van der Waals surface area contributed by atoms with Crippen molar-refractivity contribution in [2.45, 2.75) is 25.0 Å². The van der Waals surface area contributed by atoms with Crippen LogP contribution in [0.2, 0.25) is 0 Å². The zero-order valence-electron chi connectivity index (χ0n) is 20.2. The molecule has 37 heavy (non-hydrogen) atoms. The third-order valence-corrected chi connectivity index (χ3v) is 6.55. The van der Waals surface area contributed by atoms with E-state index in [4.69, 9.17) is 14.2 Å². The van der Waals surface area contributed by atoms with E-state index in [1.165, 1.54) is 22.8 Å². The molecule has 0 radical (unpaired) electrons. The molecule has 2 N–H and O–H groups in total. The number of hydrogen-bond donors (Lipinski definition) is 2. The molecule has 0 atom stereocenters. The molecule has 190 valence electrons. The fourth-order valence-electron chi connectivity index (χ4n) is 4.40. The third kappa shape index (κ3) is 4.22. The first-order chi connectivity index (χ1) is 17.8. The van der Waals surface area contributed by atoms with E-state index in [-0.39, 0.29) is 16.8 Å². The lowest BCUT2D eigenvalue weighted by Gasteiger charge is -2.28. The number of methoxy groups -OCH3 is 1. The summed E-state index contributed by atoms with van der Waals surface area (Å²) in [6.07, 6.45) is 3.00. The first kappa shape index (κ1) is 22.9. The van der Waals surface area contributed by atoms with Crippen LogP contribution in [0.1, 0.15) is 28.8 Å². The summed E-state index contributed by atoms with van der Waals surface area (Å²) in [6.45, 7) is 0.883. The molecule has 1 saturated carbocycles. The van der Waals surface area contributed by atoms with Crippen molar-refractivity contribution in [2.75, 3.05) is 31.0 Å². The number of carboxylic acids is 1. The van der Waals surface area contributed by atoms with Gasteiger partial charge in [0, 0.05) is 31.8 Å². The summed E-state index contributed by atoms with van der Waals surface area (Å²) < 4.78 is 33.2. The number of carboxylic acid groups (broad SMARTS) is 1. The Morgan fingerprint density at radius 1 is 1.27 bits per heavy atom. The quantitative estimate of drug-likeness (QED) is 0.381. The molecule has 4 aromatic rings. The second-order valence-corrected chi connectivity index (χ2v) is 9.28. The largest absolute Gasteiger partial charge is 0.497 e. The minimum Gasteiger partial charge on any atom is -0.497 e. The van der Waals surface area contributed by atoms with Gasteiger partial charge in [-0.25, -0.2) is 14.2 Å². The van der Waals surface area contributed by atoms with Crippen molar-refractivity contribution in [3.63, 3.8) is 0 Å². The summed E-state index contributed by atoms with van der Waals surface area (Å²) in [6, 6.07) is 12.0. The average Bonchev–Trinajstić information content (AvgIpc) is 3.47. The second-order valence-electron chi connectivity index (χ2n) is 9.28. The van der Waals surface area contributed by atoms with Gasteiger partial charge in [-0.15, -0.1) is 0 Å². The number of nitrogens with one attached hydrogen (secondary N) is 1. The van der Waals surface area contributed by atoms with E-state index >= 15 is 0 Å². The van der Waals surface area contributed by atoms with E-state index in [1.807, 2.05) is 36.2 Å². The number of aromatic carboxylic acids is 1. The van der Waals surface area contributed by atoms with Crippen LogP contribution in [0.25, 0.3) is 5.65 Å². The van der Waals surface area contributed by atoms with Crippen LogP contribution in [0.5, 0.6) is 17.2 Å². The van der Waals surface area contributed by atoms with Crippen LogP contribution in [0.4, 0.5) is 21.7 Å². The smallest absolute Gasteiger partial charge is 0.341 e. The molecule has 0 amide bonds. The zero-order valence-corrected chi connectivity index (χ0v) is 20.2. The Kier molecular flexibility index (Phi) is 5.28. The van der Waals surface area contributed by atoms with Gasteiger partial charge >= 0.3 is 5.97 Å². The minimum atomic E-state index is -1.15. The van der Waals surface area contributed by atoms with E-state index in [9.17, 15) is 14.3 Å². The van der Waals surface area contributed by atoms with Gasteiger partial charge in [0.1, 0.15) is 41.0 Å².